The van der Waals surface area contributed by atoms with Gasteiger partial charge >= 0.3 is 5.97 Å². The summed E-state index contributed by atoms with van der Waals surface area (Å²) < 4.78 is 0. The standard InChI is InChI=1S/C14H18ClNO3S/c1-10(20-12-7-5-11(15)6-8-12)14(19)16-9-3-2-4-13(17)18/h5-8,10H,2-4,9H2,1H3,(H,16,19)(H,17,18). The molecular weight excluding hydrogens is 298 g/mol. The molecule has 0 aliphatic rings. The maximum absolute atomic E-state index is 11.8. The van der Waals surface area contributed by atoms with Crippen LogP contribution in [0.4, 0.5) is 0 Å². The molecule has 4 nitrogen and oxygen atoms in total. The number of carboxylic acids is 1. The fourth-order valence-electron chi connectivity index (χ4n) is 1.53. The van der Waals surface area contributed by atoms with Crippen LogP contribution >= 0.6 is 23.4 Å². The number of halogens is 1. The van der Waals surface area contributed by atoms with Gasteiger partial charge in [-0.2, -0.15) is 0 Å². The number of hydrogen-bond donors (Lipinski definition) is 2. The van der Waals surface area contributed by atoms with Crippen molar-refractivity contribution in [2.75, 3.05) is 6.54 Å². The molecule has 0 saturated carbocycles. The van der Waals surface area contributed by atoms with Crippen molar-refractivity contribution in [2.45, 2.75) is 36.3 Å². The minimum Gasteiger partial charge on any atom is -0.481 e. The molecule has 0 spiro atoms. The average molecular weight is 316 g/mol. The molecule has 0 radical (unpaired) electrons. The van der Waals surface area contributed by atoms with Crippen molar-refractivity contribution < 1.29 is 14.7 Å². The zero-order chi connectivity index (χ0) is 15.0. The normalized spacial score (nSPS) is 11.9. The van der Waals surface area contributed by atoms with E-state index in [9.17, 15) is 9.59 Å². The SMILES string of the molecule is CC(Sc1ccc(Cl)cc1)C(=O)NCCCCC(=O)O. The van der Waals surface area contributed by atoms with Crippen molar-refractivity contribution in [3.05, 3.63) is 29.3 Å². The van der Waals surface area contributed by atoms with Crippen molar-refractivity contribution >= 4 is 35.2 Å². The molecule has 1 atom stereocenters. The monoisotopic (exact) mass is 315 g/mol. The molecule has 6 heteroatoms. The Kier molecular flexibility index (Phi) is 7.47. The molecule has 110 valence electrons. The lowest BCUT2D eigenvalue weighted by atomic mass is 10.2. The first kappa shape index (κ1) is 16.9. The molecule has 0 bridgehead atoms. The molecule has 0 aliphatic heterocycles. The smallest absolute Gasteiger partial charge is 0.303 e. The van der Waals surface area contributed by atoms with Gasteiger partial charge in [-0.15, -0.1) is 11.8 Å². The number of carbonyl (C=O) groups excluding carboxylic acids is 1. The lowest BCUT2D eigenvalue weighted by molar-refractivity contribution is -0.137. The van der Waals surface area contributed by atoms with E-state index in [1.807, 2.05) is 19.1 Å². The molecule has 2 N–H and O–H groups in total. The molecule has 0 fully saturated rings. The first-order valence-electron chi connectivity index (χ1n) is 6.41. The van der Waals surface area contributed by atoms with E-state index in [1.165, 1.54) is 11.8 Å². The summed E-state index contributed by atoms with van der Waals surface area (Å²) in [5.41, 5.74) is 0. The van der Waals surface area contributed by atoms with Crippen LogP contribution in [0.1, 0.15) is 26.2 Å². The number of hydrogen-bond acceptors (Lipinski definition) is 3. The number of thioether (sulfide) groups is 1. The van der Waals surface area contributed by atoms with Crippen LogP contribution in [0.15, 0.2) is 29.2 Å². The van der Waals surface area contributed by atoms with Gasteiger partial charge in [0.25, 0.3) is 0 Å². The van der Waals surface area contributed by atoms with Gasteiger partial charge in [-0.25, -0.2) is 0 Å². The Morgan fingerprint density at radius 1 is 1.30 bits per heavy atom. The van der Waals surface area contributed by atoms with Crippen LogP contribution in [-0.4, -0.2) is 28.8 Å². The summed E-state index contributed by atoms with van der Waals surface area (Å²) in [6.07, 6.45) is 1.40. The van der Waals surface area contributed by atoms with Gasteiger partial charge in [0.1, 0.15) is 0 Å². The number of unbranched alkanes of at least 4 members (excludes halogenated alkanes) is 1. The van der Waals surface area contributed by atoms with Crippen LogP contribution in [0.5, 0.6) is 0 Å². The number of rotatable bonds is 8. The highest BCUT2D eigenvalue weighted by molar-refractivity contribution is 8.00. The Morgan fingerprint density at radius 2 is 1.95 bits per heavy atom. The van der Waals surface area contributed by atoms with E-state index in [1.54, 1.807) is 12.1 Å². The molecular formula is C14H18ClNO3S. The lowest BCUT2D eigenvalue weighted by Gasteiger charge is -2.11. The minimum absolute atomic E-state index is 0.0414. The molecule has 1 aromatic rings. The maximum atomic E-state index is 11.8. The maximum Gasteiger partial charge on any atom is 0.303 e. The highest BCUT2D eigenvalue weighted by atomic mass is 35.5. The van der Waals surface area contributed by atoms with Gasteiger partial charge in [-0.1, -0.05) is 11.6 Å². The van der Waals surface area contributed by atoms with Crippen LogP contribution in [-0.2, 0) is 9.59 Å². The van der Waals surface area contributed by atoms with Crippen LogP contribution < -0.4 is 5.32 Å². The van der Waals surface area contributed by atoms with Gasteiger partial charge < -0.3 is 10.4 Å². The number of carbonyl (C=O) groups is 2. The van der Waals surface area contributed by atoms with Crippen LogP contribution in [0, 0.1) is 0 Å². The Hall–Kier alpha value is -1.20. The first-order chi connectivity index (χ1) is 9.49. The third kappa shape index (κ3) is 6.82. The van der Waals surface area contributed by atoms with Gasteiger partial charge in [0.2, 0.25) is 5.91 Å². The quantitative estimate of drug-likeness (QED) is 0.571. The summed E-state index contributed by atoms with van der Waals surface area (Å²) >= 11 is 7.27. The highest BCUT2D eigenvalue weighted by Crippen LogP contribution is 2.24. The van der Waals surface area contributed by atoms with Gasteiger partial charge in [0.05, 0.1) is 5.25 Å². The summed E-state index contributed by atoms with van der Waals surface area (Å²) in [7, 11) is 0. The fraction of sp³-hybridized carbons (Fsp3) is 0.429. The van der Waals surface area contributed by atoms with Crippen molar-refractivity contribution in [3.8, 4) is 0 Å². The third-order valence-electron chi connectivity index (χ3n) is 2.61. The van der Waals surface area contributed by atoms with E-state index in [-0.39, 0.29) is 17.6 Å². The average Bonchev–Trinajstić information content (AvgIpc) is 2.40. The summed E-state index contributed by atoms with van der Waals surface area (Å²) in [6, 6.07) is 7.34. The summed E-state index contributed by atoms with van der Waals surface area (Å²) in [6.45, 7) is 2.35. The number of carboxylic acid groups (broad SMARTS) is 1. The molecule has 1 aromatic carbocycles. The number of nitrogens with one attached hydrogen (secondary N) is 1. The zero-order valence-corrected chi connectivity index (χ0v) is 12.8. The van der Waals surface area contributed by atoms with Crippen molar-refractivity contribution in [1.29, 1.82) is 0 Å². The number of aliphatic carboxylic acids is 1. The molecule has 1 amide bonds. The second-order valence-corrected chi connectivity index (χ2v) is 6.21. The minimum atomic E-state index is -0.803. The summed E-state index contributed by atoms with van der Waals surface area (Å²) in [5, 5.41) is 11.8. The molecule has 0 aromatic heterocycles. The summed E-state index contributed by atoms with van der Waals surface area (Å²) in [5.74, 6) is -0.844. The number of amides is 1. The Balaban J connectivity index is 2.25. The van der Waals surface area contributed by atoms with Crippen LogP contribution in [0.2, 0.25) is 5.02 Å². The van der Waals surface area contributed by atoms with Gasteiger partial charge in [0, 0.05) is 22.9 Å². The second kappa shape index (κ2) is 8.87. The Morgan fingerprint density at radius 3 is 2.55 bits per heavy atom. The topological polar surface area (TPSA) is 66.4 Å². The van der Waals surface area contributed by atoms with E-state index in [2.05, 4.69) is 5.32 Å². The molecule has 0 saturated heterocycles. The van der Waals surface area contributed by atoms with Crippen molar-refractivity contribution in [1.82, 2.24) is 5.32 Å². The van der Waals surface area contributed by atoms with E-state index in [4.69, 9.17) is 16.7 Å². The molecule has 1 unspecified atom stereocenters. The van der Waals surface area contributed by atoms with E-state index in [0.29, 0.717) is 24.4 Å². The predicted octanol–water partition coefficient (Wildman–Crippen LogP) is 3.19. The predicted molar refractivity (Wildman–Crippen MR) is 81.3 cm³/mol. The summed E-state index contributed by atoms with van der Waals surface area (Å²) in [4.78, 5) is 23.2. The van der Waals surface area contributed by atoms with E-state index < -0.39 is 5.97 Å². The first-order valence-corrected chi connectivity index (χ1v) is 7.66. The van der Waals surface area contributed by atoms with Crippen molar-refractivity contribution in [3.63, 3.8) is 0 Å². The number of benzene rings is 1. The zero-order valence-electron chi connectivity index (χ0n) is 11.3. The van der Waals surface area contributed by atoms with Gasteiger partial charge in [0.15, 0.2) is 0 Å². The molecule has 0 heterocycles. The molecule has 1 rings (SSSR count). The van der Waals surface area contributed by atoms with Gasteiger partial charge in [-0.3, -0.25) is 9.59 Å². The third-order valence-corrected chi connectivity index (χ3v) is 3.98. The fourth-order valence-corrected chi connectivity index (χ4v) is 2.55. The second-order valence-electron chi connectivity index (χ2n) is 4.36. The molecule has 0 aliphatic carbocycles. The lowest BCUT2D eigenvalue weighted by Crippen LogP contribution is -2.31. The van der Waals surface area contributed by atoms with Gasteiger partial charge in [-0.05, 0) is 44.0 Å². The van der Waals surface area contributed by atoms with Crippen molar-refractivity contribution in [2.24, 2.45) is 0 Å². The van der Waals surface area contributed by atoms with Crippen LogP contribution in [0.3, 0.4) is 0 Å². The molecule has 20 heavy (non-hydrogen) atoms. The Bertz CT molecular complexity index is 450. The Labute approximate surface area is 127 Å². The highest BCUT2D eigenvalue weighted by Gasteiger charge is 2.13. The van der Waals surface area contributed by atoms with E-state index in [0.717, 1.165) is 4.90 Å². The van der Waals surface area contributed by atoms with E-state index >= 15 is 0 Å². The van der Waals surface area contributed by atoms with Crippen LogP contribution in [0.25, 0.3) is 0 Å². The largest absolute Gasteiger partial charge is 0.481 e.